The number of esters is 4. The zero-order chi connectivity index (χ0) is 69.5. The van der Waals surface area contributed by atoms with Crippen molar-refractivity contribution < 1.29 is 76.8 Å². The highest BCUT2D eigenvalue weighted by Gasteiger charge is 2.61. The molecule has 0 saturated heterocycles. The van der Waals surface area contributed by atoms with Gasteiger partial charge in [0, 0.05) is 32.8 Å². The Kier molecular flexibility index (Phi) is 27.8. The topological polar surface area (TPSA) is 229 Å². The number of rotatable bonds is 42. The number of carbonyl (C=O) groups excluding carboxylic acids is 4. The molecule has 8 aliphatic carbocycles. The molecular weight excluding hydrogens is 1260 g/mol. The molecular formula is C76H112N2O16S2. The summed E-state index contributed by atoms with van der Waals surface area (Å²) in [6, 6.07) is 16.4. The second-order valence-electron chi connectivity index (χ2n) is 29.9. The summed E-state index contributed by atoms with van der Waals surface area (Å²) >= 11 is 2.87. The van der Waals surface area contributed by atoms with Gasteiger partial charge in [-0.05, 0) is 252 Å². The summed E-state index contributed by atoms with van der Waals surface area (Å²) in [5.41, 5.74) is -1.15. The van der Waals surface area contributed by atoms with E-state index in [1.54, 1.807) is 38.1 Å². The smallest absolute Gasteiger partial charge is 0.322 e. The summed E-state index contributed by atoms with van der Waals surface area (Å²) < 4.78 is 57.6. The molecule has 8 bridgehead atoms. The van der Waals surface area contributed by atoms with E-state index < -0.39 is 62.5 Å². The Morgan fingerprint density at radius 3 is 1.34 bits per heavy atom. The minimum Gasteiger partial charge on any atom is -0.508 e. The number of hydrogen-bond donors (Lipinski definition) is 2. The Morgan fingerprint density at radius 2 is 0.948 bits per heavy atom. The van der Waals surface area contributed by atoms with Gasteiger partial charge in [-0.15, -0.1) is 23.5 Å². The Labute approximate surface area is 580 Å². The van der Waals surface area contributed by atoms with Crippen molar-refractivity contribution in [2.45, 2.75) is 255 Å². The predicted molar refractivity (Wildman–Crippen MR) is 369 cm³/mol. The van der Waals surface area contributed by atoms with Crippen LogP contribution in [-0.4, -0.2) is 138 Å². The summed E-state index contributed by atoms with van der Waals surface area (Å²) in [6.07, 6.45) is 15.2. The maximum absolute atomic E-state index is 15.0. The molecule has 0 aliphatic heterocycles. The quantitative estimate of drug-likeness (QED) is 0.0207. The fourth-order valence-corrected chi connectivity index (χ4v) is 19.4. The van der Waals surface area contributed by atoms with Gasteiger partial charge in [-0.2, -0.15) is 5.26 Å². The first-order valence-electron chi connectivity index (χ1n) is 35.8. The van der Waals surface area contributed by atoms with Crippen LogP contribution in [0, 0.1) is 70.7 Å². The molecule has 0 radical (unpaired) electrons. The first-order chi connectivity index (χ1) is 45.8. The summed E-state index contributed by atoms with van der Waals surface area (Å²) in [4.78, 5) is 60.0. The van der Waals surface area contributed by atoms with Crippen molar-refractivity contribution in [1.82, 2.24) is 0 Å². The zero-order valence-electron chi connectivity index (χ0n) is 59.2. The van der Waals surface area contributed by atoms with E-state index in [2.05, 4.69) is 24.8 Å². The van der Waals surface area contributed by atoms with Crippen LogP contribution in [0.1, 0.15) is 221 Å². The summed E-state index contributed by atoms with van der Waals surface area (Å²) in [5.74, 6) is 2.80. The van der Waals surface area contributed by atoms with Crippen LogP contribution in [0.4, 0.5) is 0 Å². The molecule has 8 fully saturated rings. The number of carbonyl (C=O) groups is 4. The lowest BCUT2D eigenvalue weighted by Crippen LogP contribution is -2.60. The van der Waals surface area contributed by atoms with Crippen molar-refractivity contribution in [3.63, 3.8) is 0 Å². The maximum atomic E-state index is 15.0. The highest BCUT2D eigenvalue weighted by atomic mass is 32.2. The largest absolute Gasteiger partial charge is 0.508 e. The molecule has 2 N–H and O–H groups in total. The Hall–Kier alpha value is -4.64. The second kappa shape index (κ2) is 34.6. The lowest BCUT2D eigenvalue weighted by molar-refractivity contribution is -0.213. The van der Waals surface area contributed by atoms with Gasteiger partial charge in [-0.3, -0.25) is 19.2 Å². The van der Waals surface area contributed by atoms with E-state index in [-0.39, 0.29) is 107 Å². The fourth-order valence-electron chi connectivity index (χ4n) is 17.8. The number of aromatic hydroxyl groups is 2. The number of hydrogen-bond acceptors (Lipinski definition) is 19. The number of phenols is 2. The van der Waals surface area contributed by atoms with Gasteiger partial charge in [0.15, 0.2) is 18.9 Å². The molecule has 10 rings (SSSR count). The molecule has 9 unspecified atom stereocenters. The number of nitriles is 1. The maximum Gasteiger partial charge on any atom is 0.322 e. The molecule has 18 nitrogen and oxygen atoms in total. The van der Waals surface area contributed by atoms with Crippen molar-refractivity contribution in [2.24, 2.45) is 52.8 Å². The third-order valence-corrected chi connectivity index (χ3v) is 25.4. The molecule has 534 valence electrons. The second-order valence-corrected chi connectivity index (χ2v) is 32.6. The number of nitrogens with zero attached hydrogens (tertiary/aromatic N) is 2. The third-order valence-electron chi connectivity index (χ3n) is 23.0. The number of ether oxygens (including phenoxy) is 10. The molecule has 0 heterocycles. The lowest BCUT2D eigenvalue weighted by atomic mass is 9.49. The Bertz CT molecular complexity index is 2880. The van der Waals surface area contributed by atoms with Crippen LogP contribution in [0.3, 0.4) is 0 Å². The van der Waals surface area contributed by atoms with Crippen LogP contribution in [0.2, 0.25) is 0 Å². The van der Waals surface area contributed by atoms with Crippen molar-refractivity contribution in [1.29, 1.82) is 5.26 Å². The first kappa shape index (κ1) is 77.1. The van der Waals surface area contributed by atoms with Crippen LogP contribution in [0.25, 0.3) is 4.85 Å². The summed E-state index contributed by atoms with van der Waals surface area (Å²) in [6.45, 7) is 28.5. The Balaban J connectivity index is 0.726. The Morgan fingerprint density at radius 1 is 0.562 bits per heavy atom. The highest BCUT2D eigenvalue weighted by molar-refractivity contribution is 8.01. The van der Waals surface area contributed by atoms with Gasteiger partial charge >= 0.3 is 23.9 Å². The van der Waals surface area contributed by atoms with Crippen LogP contribution < -0.4 is 0 Å². The van der Waals surface area contributed by atoms with Gasteiger partial charge in [0.1, 0.15) is 45.4 Å². The van der Waals surface area contributed by atoms with E-state index >= 15 is 4.79 Å². The molecule has 20 heteroatoms. The predicted octanol–water partition coefficient (Wildman–Crippen LogP) is 15.4. The third kappa shape index (κ3) is 19.9. The van der Waals surface area contributed by atoms with Gasteiger partial charge in [-0.25, -0.2) is 6.57 Å². The van der Waals surface area contributed by atoms with Gasteiger partial charge in [0.25, 0.3) is 0 Å². The number of thioether (sulfide) groups is 2. The zero-order valence-corrected chi connectivity index (χ0v) is 60.9. The van der Waals surface area contributed by atoms with E-state index in [0.29, 0.717) is 67.8 Å². The monoisotopic (exact) mass is 1370 g/mol. The molecule has 2 aromatic rings. The normalized spacial score (nSPS) is 28.6. The average molecular weight is 1370 g/mol. The molecule has 0 aromatic heterocycles. The van der Waals surface area contributed by atoms with Crippen molar-refractivity contribution in [3.05, 3.63) is 71.1 Å². The molecule has 0 amide bonds. The van der Waals surface area contributed by atoms with E-state index in [1.165, 1.54) is 36.4 Å². The fraction of sp³-hybridized carbons (Fsp3) is 0.763. The molecule has 9 atom stereocenters. The first-order valence-corrected chi connectivity index (χ1v) is 38.0. The molecule has 8 saturated carbocycles. The average Bonchev–Trinajstić information content (AvgIpc) is 0.733. The standard InChI is InChI=1S/C76H112N2O16S2/c1-13-75(61-36-53-34-54(38-61)39-62(75)37-53)93-69(83)73(9,95-12)46-59(57-16-20-65(79)21-17-57)44-71(7,48-77)26-24-67(81)90-32-30-88-51(5)86-28-29-87-52(6)89-31-33-91-68(82)25-27-72(8,78-11)45-60(58-18-22-66(80)23-19-58)47-74(10,96-49-92-50(4)85-15-3)70(84)94-76(14-2)63-40-55-35-56(42-63)43-64(76)41-55/h16-23,50-56,59-64,79-80H,13-15,24-47,49H2,1-10,12H3. The van der Waals surface area contributed by atoms with Crippen molar-refractivity contribution in [3.8, 4) is 17.6 Å². The van der Waals surface area contributed by atoms with E-state index in [1.807, 2.05) is 72.1 Å². The number of benzene rings is 2. The SMILES string of the molecule is [C-]#[N+]C(C)(CCC(=O)OCCOC(C)OCCOC(C)OCCOC(=O)CCC(C)(C#N)CC(CC(C)(SC)C(=O)OC1(CC)C2CC3CC(C2)CC1C3)c1ccc(O)cc1)CC(CC(C)(SCOC(C)OCC)C(=O)OC1(CC)C2CC3CC(C2)CC1C3)c1ccc(O)cc1. The minimum atomic E-state index is -1.08. The molecule has 96 heavy (non-hydrogen) atoms. The van der Waals surface area contributed by atoms with Crippen molar-refractivity contribution >= 4 is 47.4 Å². The van der Waals surface area contributed by atoms with E-state index in [9.17, 15) is 29.9 Å². The minimum absolute atomic E-state index is 0.00709. The molecule has 0 spiro atoms. The van der Waals surface area contributed by atoms with Crippen LogP contribution in [0.15, 0.2) is 48.5 Å². The van der Waals surface area contributed by atoms with Gasteiger partial charge in [0.05, 0.1) is 50.3 Å². The molecule has 8 aliphatic rings. The van der Waals surface area contributed by atoms with Crippen LogP contribution >= 0.6 is 23.5 Å². The van der Waals surface area contributed by atoms with E-state index in [0.717, 1.165) is 87.2 Å². The van der Waals surface area contributed by atoms with E-state index in [4.69, 9.17) is 53.9 Å². The van der Waals surface area contributed by atoms with Gasteiger partial charge in [-0.1, -0.05) is 38.1 Å². The summed E-state index contributed by atoms with van der Waals surface area (Å²) in [7, 11) is 0. The van der Waals surface area contributed by atoms with Gasteiger partial charge in [0.2, 0.25) is 5.54 Å². The van der Waals surface area contributed by atoms with Crippen molar-refractivity contribution in [2.75, 3.05) is 58.4 Å². The van der Waals surface area contributed by atoms with Crippen LogP contribution in [-0.2, 0) is 66.5 Å². The van der Waals surface area contributed by atoms with Crippen LogP contribution in [0.5, 0.6) is 11.5 Å². The lowest BCUT2D eigenvalue weighted by Gasteiger charge is -2.60. The molecule has 2 aromatic carbocycles. The highest BCUT2D eigenvalue weighted by Crippen LogP contribution is 2.63. The number of phenolic OH excluding ortho intramolecular Hbond substituents is 2. The summed E-state index contributed by atoms with van der Waals surface area (Å²) in [5, 5.41) is 31.2. The van der Waals surface area contributed by atoms with Gasteiger partial charge < -0.3 is 62.4 Å².